The van der Waals surface area contributed by atoms with E-state index in [1.807, 2.05) is 0 Å². The molecule has 9 atom stereocenters. The first-order valence-corrected chi connectivity index (χ1v) is 17.8. The normalized spacial score (nSPS) is 38.9. The highest BCUT2D eigenvalue weighted by Crippen LogP contribution is 2.59. The number of terminal acetylenes is 1. The maximum absolute atomic E-state index is 13.5. The van der Waals surface area contributed by atoms with Crippen molar-refractivity contribution in [2.24, 2.45) is 0 Å². The molecule has 2 unspecified atom stereocenters. The van der Waals surface area contributed by atoms with Crippen LogP contribution in [0.3, 0.4) is 0 Å². The summed E-state index contributed by atoms with van der Waals surface area (Å²) >= 11 is 5.40. The van der Waals surface area contributed by atoms with Crippen LogP contribution < -0.4 is 17.0 Å². The van der Waals surface area contributed by atoms with E-state index in [1.54, 1.807) is 0 Å². The monoisotopic (exact) mass is 710 g/mol. The highest BCUT2D eigenvalue weighted by molar-refractivity contribution is 8.07. The van der Waals surface area contributed by atoms with Gasteiger partial charge in [0.05, 0.1) is 32.5 Å². The maximum Gasteiger partial charge on any atom is 0.472 e. The molecule has 4 aliphatic rings. The van der Waals surface area contributed by atoms with Crippen molar-refractivity contribution in [3.8, 4) is 12.3 Å². The summed E-state index contributed by atoms with van der Waals surface area (Å²) in [6.45, 7) is -5.56. The average Bonchev–Trinajstić information content (AvgIpc) is 3.83. The van der Waals surface area contributed by atoms with Crippen LogP contribution in [-0.2, 0) is 48.7 Å². The number of ether oxygens (including phenoxy) is 3. The first-order chi connectivity index (χ1) is 22.3. The molecule has 0 spiro atoms. The molecule has 4 fully saturated rings. The lowest BCUT2D eigenvalue weighted by molar-refractivity contribution is -0.183. The topological polar surface area (TPSA) is 281 Å². The van der Waals surface area contributed by atoms with E-state index in [-0.39, 0.29) is 41.5 Å². The van der Waals surface area contributed by atoms with Gasteiger partial charge in [0.2, 0.25) is 5.95 Å². The number of hydrogen-bond acceptors (Lipinski definition) is 17. The van der Waals surface area contributed by atoms with Crippen LogP contribution in [0.5, 0.6) is 0 Å². The molecule has 8 heterocycles. The number of rotatable bonds is 2. The van der Waals surface area contributed by atoms with Crippen molar-refractivity contribution in [3.63, 3.8) is 0 Å². The number of nitrogens with one attached hydrogen (secondary N) is 1. The number of imidazole rings is 2. The first-order valence-electron chi connectivity index (χ1n) is 13.7. The minimum absolute atomic E-state index is 0.00311. The predicted molar refractivity (Wildman–Crippen MR) is 159 cm³/mol. The molecule has 7 N–H and O–H groups in total. The fourth-order valence-corrected chi connectivity index (χ4v) is 8.63. The quantitative estimate of drug-likeness (QED) is 0.126. The van der Waals surface area contributed by atoms with Gasteiger partial charge >= 0.3 is 14.5 Å². The molecule has 8 rings (SSSR count). The van der Waals surface area contributed by atoms with Gasteiger partial charge in [0.15, 0.2) is 40.7 Å². The Labute approximate surface area is 267 Å². The van der Waals surface area contributed by atoms with Gasteiger partial charge in [-0.2, -0.15) is 4.98 Å². The molecule has 21 nitrogen and oxygen atoms in total. The fraction of sp³-hybridized carbons (Fsp3) is 0.478. The highest BCUT2D eigenvalue weighted by Gasteiger charge is 2.66. The SMILES string of the molecule is C#C[C@@]12COP(=O)(O)O[C@H]3[C@H]4OC[C@]3(COP(O)(=S)O[C@H](C1)[C@H](n1cnc3c(=O)[nH]c(N)nc31)O2)O[C@H]4n1cnc2c(N)ncnc21. The lowest BCUT2D eigenvalue weighted by Crippen LogP contribution is -2.46. The minimum Gasteiger partial charge on any atom is -0.382 e. The van der Waals surface area contributed by atoms with Crippen molar-refractivity contribution in [1.29, 1.82) is 0 Å². The van der Waals surface area contributed by atoms with Crippen molar-refractivity contribution in [2.75, 3.05) is 31.3 Å². The van der Waals surface area contributed by atoms with Crippen LogP contribution in [0.25, 0.3) is 22.3 Å². The van der Waals surface area contributed by atoms with Crippen LogP contribution in [0.1, 0.15) is 18.9 Å². The Balaban J connectivity index is 1.16. The molecule has 4 saturated heterocycles. The number of aromatic amines is 1. The van der Waals surface area contributed by atoms with E-state index in [0.717, 1.165) is 0 Å². The smallest absolute Gasteiger partial charge is 0.382 e. The molecule has 4 aromatic heterocycles. The second-order valence-corrected chi connectivity index (χ2v) is 15.4. The number of fused-ring (bicyclic) bond motifs is 4. The Morgan fingerprint density at radius 2 is 1.79 bits per heavy atom. The molecule has 47 heavy (non-hydrogen) atoms. The molecular weight excluding hydrogens is 686 g/mol. The zero-order chi connectivity index (χ0) is 32.9. The van der Waals surface area contributed by atoms with Crippen molar-refractivity contribution < 1.29 is 46.7 Å². The van der Waals surface area contributed by atoms with Gasteiger partial charge in [-0.3, -0.25) is 28.0 Å². The van der Waals surface area contributed by atoms with Crippen molar-refractivity contribution >= 4 is 60.4 Å². The minimum atomic E-state index is -4.95. The number of nitrogen functional groups attached to an aromatic ring is 2. The summed E-state index contributed by atoms with van der Waals surface area (Å²) in [5.41, 5.74) is 8.25. The van der Waals surface area contributed by atoms with Crippen LogP contribution in [0, 0.1) is 12.3 Å². The summed E-state index contributed by atoms with van der Waals surface area (Å²) in [4.78, 5) is 57.7. The molecule has 4 aromatic rings. The molecule has 4 bridgehead atoms. The number of H-pyrrole nitrogens is 1. The predicted octanol–water partition coefficient (Wildman–Crippen LogP) is -0.784. The molecule has 248 valence electrons. The van der Waals surface area contributed by atoms with Crippen LogP contribution >= 0.6 is 14.5 Å². The summed E-state index contributed by atoms with van der Waals surface area (Å²) in [5.74, 6) is 2.35. The molecule has 24 heteroatoms. The van der Waals surface area contributed by atoms with Gasteiger partial charge in [-0.25, -0.2) is 24.5 Å². The lowest BCUT2D eigenvalue weighted by atomic mass is 10.0. The van der Waals surface area contributed by atoms with Gasteiger partial charge in [-0.15, -0.1) is 6.42 Å². The summed E-state index contributed by atoms with van der Waals surface area (Å²) in [5, 5.41) is 0. The van der Waals surface area contributed by atoms with E-state index in [4.69, 9.17) is 62.0 Å². The zero-order valence-electron chi connectivity index (χ0n) is 23.7. The van der Waals surface area contributed by atoms with Gasteiger partial charge < -0.3 is 44.5 Å². The summed E-state index contributed by atoms with van der Waals surface area (Å²) in [7, 11) is -4.95. The third-order valence-electron chi connectivity index (χ3n) is 8.27. The Hall–Kier alpha value is -3.42. The standard InChI is InChI=1S/C23H24N10O11P2S/c1-2-22-3-10(19(41-22)33-9-29-12-17(33)30-21(25)31-18(12)34)43-46(37,47)40-6-23-5-38-13(14(23)44-45(35,36)39-4-22)20(42-23)32-8-28-11-15(24)26-7-27-16(11)32/h1,7-10,13-14,19-20H,3-6H2,(H,35,36)(H,37,47)(H2,24,26,27)(H3,25,30,31,34)/t10-,13-,14+,19-,20-,22+,23-,46?/m1/s1. The van der Waals surface area contributed by atoms with Crippen LogP contribution in [0.2, 0.25) is 0 Å². The van der Waals surface area contributed by atoms with E-state index in [9.17, 15) is 19.1 Å². The molecule has 0 amide bonds. The average molecular weight is 711 g/mol. The van der Waals surface area contributed by atoms with Crippen LogP contribution in [0.4, 0.5) is 11.8 Å². The third-order valence-corrected chi connectivity index (χ3v) is 10.8. The Morgan fingerprint density at radius 1 is 1.02 bits per heavy atom. The van der Waals surface area contributed by atoms with Crippen molar-refractivity contribution in [1.82, 2.24) is 39.0 Å². The number of nitrogens with zero attached hydrogens (tertiary/aromatic N) is 7. The highest BCUT2D eigenvalue weighted by atomic mass is 32.5. The number of hydrogen-bond donors (Lipinski definition) is 5. The Kier molecular flexibility index (Phi) is 6.92. The number of anilines is 2. The van der Waals surface area contributed by atoms with Gasteiger partial charge in [0.1, 0.15) is 35.8 Å². The first kappa shape index (κ1) is 30.9. The maximum atomic E-state index is 13.5. The largest absolute Gasteiger partial charge is 0.472 e. The Morgan fingerprint density at radius 3 is 2.57 bits per heavy atom. The van der Waals surface area contributed by atoms with E-state index < -0.39 is 75.3 Å². The number of nitrogens with two attached hydrogens (primary N) is 2. The van der Waals surface area contributed by atoms with Crippen molar-refractivity contribution in [2.45, 2.75) is 48.4 Å². The van der Waals surface area contributed by atoms with Gasteiger partial charge in [-0.1, -0.05) is 5.92 Å². The molecule has 4 aliphatic heterocycles. The van der Waals surface area contributed by atoms with E-state index in [1.165, 1.54) is 28.1 Å². The van der Waals surface area contributed by atoms with E-state index >= 15 is 0 Å². The van der Waals surface area contributed by atoms with Crippen LogP contribution in [0.15, 0.2) is 23.8 Å². The Bertz CT molecular complexity index is 2140. The molecule has 0 aromatic carbocycles. The zero-order valence-corrected chi connectivity index (χ0v) is 26.3. The second-order valence-electron chi connectivity index (χ2n) is 11.2. The molecule has 0 aliphatic carbocycles. The summed E-state index contributed by atoms with van der Waals surface area (Å²) in [6.07, 6.45) is 3.78. The summed E-state index contributed by atoms with van der Waals surface area (Å²) in [6, 6.07) is 0. The van der Waals surface area contributed by atoms with E-state index in [2.05, 4.69) is 35.8 Å². The molecule has 0 saturated carbocycles. The second kappa shape index (κ2) is 10.5. The molecule has 0 radical (unpaired) electrons. The summed E-state index contributed by atoms with van der Waals surface area (Å²) < 4.78 is 57.7. The number of phosphoric ester groups is 1. The van der Waals surface area contributed by atoms with E-state index in [0.29, 0.717) is 5.65 Å². The number of phosphoric acid groups is 1. The van der Waals surface area contributed by atoms with Crippen LogP contribution in [-0.4, -0.2) is 98.2 Å². The lowest BCUT2D eigenvalue weighted by Gasteiger charge is -2.33. The van der Waals surface area contributed by atoms with Crippen molar-refractivity contribution in [3.05, 3.63) is 29.3 Å². The third kappa shape index (κ3) is 4.99. The van der Waals surface area contributed by atoms with Gasteiger partial charge in [0, 0.05) is 6.42 Å². The number of aromatic nitrogens is 8. The van der Waals surface area contributed by atoms with Gasteiger partial charge in [-0.05, 0) is 11.8 Å². The van der Waals surface area contributed by atoms with Gasteiger partial charge in [0.25, 0.3) is 5.56 Å². The fourth-order valence-electron chi connectivity index (χ4n) is 6.15. The molecular formula is C23H24N10O11P2S.